The third-order valence-corrected chi connectivity index (χ3v) is 6.37. The van der Waals surface area contributed by atoms with E-state index >= 15 is 0 Å². The van der Waals surface area contributed by atoms with E-state index in [-0.39, 0.29) is 17.0 Å². The summed E-state index contributed by atoms with van der Waals surface area (Å²) in [5, 5.41) is 8.74. The van der Waals surface area contributed by atoms with Crippen molar-refractivity contribution in [1.82, 2.24) is 4.31 Å². The van der Waals surface area contributed by atoms with E-state index in [2.05, 4.69) is 0 Å². The quantitative estimate of drug-likeness (QED) is 0.804. The molecule has 16 heavy (non-hydrogen) atoms. The lowest BCUT2D eigenvalue weighted by atomic mass is 10.3. The molecule has 0 aromatic heterocycles. The maximum absolute atomic E-state index is 12.1. The monoisotopic (exact) mass is 265 g/mol. The number of thioether (sulfide) groups is 1. The molecule has 0 amide bonds. The van der Waals surface area contributed by atoms with Crippen LogP contribution in [0.3, 0.4) is 0 Å². The zero-order valence-corrected chi connectivity index (χ0v) is 10.6. The Morgan fingerprint density at radius 1 is 1.50 bits per heavy atom. The van der Waals surface area contributed by atoms with E-state index in [1.165, 1.54) is 16.1 Å². The molecule has 1 N–H and O–H groups in total. The second kappa shape index (κ2) is 4.19. The standard InChI is InChI=1S/C9H15NO4S2/c1-6-10(8(4-15-6)9(11)12)16(13,14)5-7-2-3-7/h6-8H,2-5H2,1H3,(H,11,12). The third kappa shape index (κ3) is 2.36. The van der Waals surface area contributed by atoms with E-state index in [1.807, 2.05) is 0 Å². The smallest absolute Gasteiger partial charge is 0.322 e. The largest absolute Gasteiger partial charge is 0.480 e. The summed E-state index contributed by atoms with van der Waals surface area (Å²) in [4.78, 5) is 11.0. The van der Waals surface area contributed by atoms with Gasteiger partial charge in [0.1, 0.15) is 6.04 Å². The van der Waals surface area contributed by atoms with Crippen molar-refractivity contribution in [3.63, 3.8) is 0 Å². The molecule has 1 saturated heterocycles. The highest BCUT2D eigenvalue weighted by Gasteiger charge is 2.45. The maximum atomic E-state index is 12.1. The van der Waals surface area contributed by atoms with Crippen molar-refractivity contribution in [2.24, 2.45) is 5.92 Å². The average molecular weight is 265 g/mol. The summed E-state index contributed by atoms with van der Waals surface area (Å²) in [5.41, 5.74) is 0. The Kier molecular flexibility index (Phi) is 3.20. The number of carboxylic acid groups (broad SMARTS) is 1. The fourth-order valence-electron chi connectivity index (χ4n) is 1.90. The summed E-state index contributed by atoms with van der Waals surface area (Å²) in [6, 6.07) is -0.885. The van der Waals surface area contributed by atoms with Gasteiger partial charge >= 0.3 is 5.97 Å². The first-order valence-corrected chi connectivity index (χ1v) is 7.93. The van der Waals surface area contributed by atoms with Crippen LogP contribution in [0.15, 0.2) is 0 Å². The van der Waals surface area contributed by atoms with Gasteiger partial charge in [0, 0.05) is 5.75 Å². The molecule has 0 aromatic rings. The molecular formula is C9H15NO4S2. The van der Waals surface area contributed by atoms with E-state index in [0.29, 0.717) is 5.75 Å². The van der Waals surface area contributed by atoms with E-state index < -0.39 is 22.0 Å². The van der Waals surface area contributed by atoms with Gasteiger partial charge in [-0.3, -0.25) is 4.79 Å². The molecule has 2 rings (SSSR count). The van der Waals surface area contributed by atoms with Crippen LogP contribution in [0.4, 0.5) is 0 Å². The summed E-state index contributed by atoms with van der Waals surface area (Å²) in [6.07, 6.45) is 1.90. The van der Waals surface area contributed by atoms with Crippen LogP contribution >= 0.6 is 11.8 Å². The first kappa shape index (κ1) is 12.2. The summed E-state index contributed by atoms with van der Waals surface area (Å²) < 4.78 is 25.3. The Morgan fingerprint density at radius 2 is 2.12 bits per heavy atom. The van der Waals surface area contributed by atoms with Crippen molar-refractivity contribution in [2.45, 2.75) is 31.2 Å². The lowest BCUT2D eigenvalue weighted by Crippen LogP contribution is -2.45. The van der Waals surface area contributed by atoms with E-state index in [9.17, 15) is 13.2 Å². The fraction of sp³-hybridized carbons (Fsp3) is 0.889. The van der Waals surface area contributed by atoms with Crippen LogP contribution < -0.4 is 0 Å². The molecule has 1 heterocycles. The average Bonchev–Trinajstić information content (AvgIpc) is 2.84. The molecule has 0 radical (unpaired) electrons. The predicted molar refractivity (Wildman–Crippen MR) is 61.7 cm³/mol. The molecule has 1 saturated carbocycles. The lowest BCUT2D eigenvalue weighted by molar-refractivity contribution is -0.140. The first-order valence-electron chi connectivity index (χ1n) is 5.27. The Bertz CT molecular complexity index is 390. The second-order valence-electron chi connectivity index (χ2n) is 4.34. The zero-order chi connectivity index (χ0) is 11.9. The molecule has 0 bridgehead atoms. The number of nitrogens with zero attached hydrogens (tertiary/aromatic N) is 1. The number of aliphatic carboxylic acids is 1. The minimum Gasteiger partial charge on any atom is -0.480 e. The SMILES string of the molecule is CC1SCC(C(=O)O)N1S(=O)(=O)CC1CC1. The van der Waals surface area contributed by atoms with Gasteiger partial charge in [-0.1, -0.05) is 0 Å². The van der Waals surface area contributed by atoms with Crippen molar-refractivity contribution in [2.75, 3.05) is 11.5 Å². The molecule has 1 aliphatic heterocycles. The molecule has 2 atom stereocenters. The molecule has 5 nitrogen and oxygen atoms in total. The Balaban J connectivity index is 2.18. The van der Waals surface area contributed by atoms with Crippen LogP contribution in [0.2, 0.25) is 0 Å². The Morgan fingerprint density at radius 3 is 2.62 bits per heavy atom. The van der Waals surface area contributed by atoms with Gasteiger partial charge in [-0.15, -0.1) is 11.8 Å². The molecule has 2 fully saturated rings. The van der Waals surface area contributed by atoms with Crippen LogP contribution in [0, 0.1) is 5.92 Å². The van der Waals surface area contributed by atoms with E-state index in [0.717, 1.165) is 12.8 Å². The first-order chi connectivity index (χ1) is 7.42. The van der Waals surface area contributed by atoms with Gasteiger partial charge in [-0.05, 0) is 25.7 Å². The number of carboxylic acids is 1. The maximum Gasteiger partial charge on any atom is 0.322 e. The van der Waals surface area contributed by atoms with Gasteiger partial charge in [0.25, 0.3) is 0 Å². The molecule has 92 valence electrons. The summed E-state index contributed by atoms with van der Waals surface area (Å²) in [6.45, 7) is 1.75. The topological polar surface area (TPSA) is 74.7 Å². The van der Waals surface area contributed by atoms with Gasteiger partial charge in [0.15, 0.2) is 0 Å². The van der Waals surface area contributed by atoms with Crippen molar-refractivity contribution < 1.29 is 18.3 Å². The lowest BCUT2D eigenvalue weighted by Gasteiger charge is -2.24. The highest BCUT2D eigenvalue weighted by Crippen LogP contribution is 2.36. The molecule has 1 aliphatic carbocycles. The van der Waals surface area contributed by atoms with Crippen LogP contribution in [-0.2, 0) is 14.8 Å². The van der Waals surface area contributed by atoms with Gasteiger partial charge in [-0.2, -0.15) is 4.31 Å². The zero-order valence-electron chi connectivity index (χ0n) is 9.00. The molecule has 7 heteroatoms. The molecular weight excluding hydrogens is 250 g/mol. The highest BCUT2D eigenvalue weighted by atomic mass is 32.2. The number of hydrogen-bond donors (Lipinski definition) is 1. The van der Waals surface area contributed by atoms with Crippen molar-refractivity contribution in [3.05, 3.63) is 0 Å². The van der Waals surface area contributed by atoms with Crippen LogP contribution in [-0.4, -0.2) is 46.7 Å². The minimum atomic E-state index is -3.41. The Labute approximate surface area is 99.2 Å². The van der Waals surface area contributed by atoms with Crippen LogP contribution in [0.25, 0.3) is 0 Å². The van der Waals surface area contributed by atoms with Gasteiger partial charge < -0.3 is 5.11 Å². The van der Waals surface area contributed by atoms with E-state index in [1.54, 1.807) is 6.92 Å². The van der Waals surface area contributed by atoms with Gasteiger partial charge in [-0.25, -0.2) is 8.42 Å². The van der Waals surface area contributed by atoms with E-state index in [4.69, 9.17) is 5.11 Å². The van der Waals surface area contributed by atoms with Gasteiger partial charge in [0.2, 0.25) is 10.0 Å². The Hall–Kier alpha value is -0.270. The number of sulfonamides is 1. The highest BCUT2D eigenvalue weighted by molar-refractivity contribution is 8.01. The summed E-state index contributed by atoms with van der Waals surface area (Å²) >= 11 is 1.38. The third-order valence-electron chi connectivity index (χ3n) is 2.91. The molecule has 2 aliphatic rings. The minimum absolute atomic E-state index is 0.113. The fourth-order valence-corrected chi connectivity index (χ4v) is 5.73. The summed E-state index contributed by atoms with van der Waals surface area (Å²) in [7, 11) is -3.41. The predicted octanol–water partition coefficient (Wildman–Crippen LogP) is 0.574. The normalized spacial score (nSPS) is 31.8. The van der Waals surface area contributed by atoms with Crippen molar-refractivity contribution in [1.29, 1.82) is 0 Å². The van der Waals surface area contributed by atoms with Crippen molar-refractivity contribution in [3.8, 4) is 0 Å². The second-order valence-corrected chi connectivity index (χ2v) is 7.61. The summed E-state index contributed by atoms with van der Waals surface area (Å²) in [5.74, 6) is -0.337. The molecule has 0 spiro atoms. The van der Waals surface area contributed by atoms with Crippen molar-refractivity contribution >= 4 is 27.8 Å². The number of hydrogen-bond acceptors (Lipinski definition) is 4. The van der Waals surface area contributed by atoms with Crippen LogP contribution in [0.1, 0.15) is 19.8 Å². The van der Waals surface area contributed by atoms with Gasteiger partial charge in [0.05, 0.1) is 11.1 Å². The molecule has 2 unspecified atom stereocenters. The van der Waals surface area contributed by atoms with Crippen LogP contribution in [0.5, 0.6) is 0 Å². The number of rotatable bonds is 4. The number of carbonyl (C=O) groups is 1. The molecule has 0 aromatic carbocycles.